The van der Waals surface area contributed by atoms with Gasteiger partial charge in [-0.05, 0) is 65.4 Å². The van der Waals surface area contributed by atoms with Crippen LogP contribution in [0.2, 0.25) is 0 Å². The molecule has 1 unspecified atom stereocenters. The molecule has 1 rings (SSSR count). The second-order valence-electron chi connectivity index (χ2n) is 9.55. The molecule has 1 N–H and O–H groups in total. The zero-order valence-corrected chi connectivity index (χ0v) is 20.9. The van der Waals surface area contributed by atoms with Crippen LogP contribution in [-0.4, -0.2) is 11.2 Å². The number of rotatable bonds is 8. The molecule has 0 heterocycles. The smallest absolute Gasteiger partial charge is 0.0585 e. The minimum absolute atomic E-state index is 0.0221. The highest BCUT2D eigenvalue weighted by molar-refractivity contribution is 5.38. The standard InChI is InChI=1S/C30H42O/c1-23(2)13-11-16-24(3)14-9-10-15-25(4)17-12-18-26(5)19-20-29-27(6)21-28(31)22-30(29,7)8/h9-20,28,31H,21-22H2,1-8H3/b10-9+,16-11+,17-12+,20-19+,24-14-,25-15+,26-18-. The fraction of sp³-hybridized carbons (Fsp3) is 0.400. The van der Waals surface area contributed by atoms with E-state index in [4.69, 9.17) is 0 Å². The van der Waals surface area contributed by atoms with Crippen LogP contribution in [0.15, 0.2) is 106 Å². The van der Waals surface area contributed by atoms with Gasteiger partial charge < -0.3 is 5.11 Å². The third-order valence-corrected chi connectivity index (χ3v) is 5.33. The van der Waals surface area contributed by atoms with E-state index in [1.807, 2.05) is 0 Å². The normalized spacial score (nSPS) is 21.3. The fourth-order valence-corrected chi connectivity index (χ4v) is 3.72. The summed E-state index contributed by atoms with van der Waals surface area (Å²) in [7, 11) is 0. The molecule has 0 bridgehead atoms. The average Bonchev–Trinajstić information content (AvgIpc) is 2.63. The van der Waals surface area contributed by atoms with Gasteiger partial charge in [-0.1, -0.05) is 115 Å². The molecule has 0 saturated carbocycles. The first-order chi connectivity index (χ1) is 14.5. The molecule has 1 aliphatic rings. The monoisotopic (exact) mass is 418 g/mol. The Morgan fingerprint density at radius 3 is 1.77 bits per heavy atom. The van der Waals surface area contributed by atoms with E-state index in [1.54, 1.807) is 0 Å². The van der Waals surface area contributed by atoms with E-state index in [1.165, 1.54) is 33.4 Å². The molecule has 0 aromatic carbocycles. The summed E-state index contributed by atoms with van der Waals surface area (Å²) >= 11 is 0. The molecule has 0 amide bonds. The summed E-state index contributed by atoms with van der Waals surface area (Å²) < 4.78 is 0. The summed E-state index contributed by atoms with van der Waals surface area (Å²) in [6.45, 7) is 17.1. The Kier molecular flexibility index (Phi) is 11.3. The van der Waals surface area contributed by atoms with E-state index in [2.05, 4.69) is 128 Å². The predicted molar refractivity (Wildman–Crippen MR) is 139 cm³/mol. The lowest BCUT2D eigenvalue weighted by Crippen LogP contribution is -2.28. The van der Waals surface area contributed by atoms with Crippen molar-refractivity contribution in [3.05, 3.63) is 106 Å². The van der Waals surface area contributed by atoms with E-state index < -0.39 is 0 Å². The first-order valence-electron chi connectivity index (χ1n) is 11.3. The molecule has 0 fully saturated rings. The molecule has 0 aliphatic heterocycles. The van der Waals surface area contributed by atoms with Gasteiger partial charge in [0.05, 0.1) is 6.10 Å². The zero-order chi connectivity index (χ0) is 23.4. The van der Waals surface area contributed by atoms with Gasteiger partial charge in [-0.2, -0.15) is 0 Å². The van der Waals surface area contributed by atoms with E-state index in [-0.39, 0.29) is 11.5 Å². The summed E-state index contributed by atoms with van der Waals surface area (Å²) in [5.74, 6) is 0. The Balaban J connectivity index is 2.69. The lowest BCUT2D eigenvalue weighted by Gasteiger charge is -2.35. The summed E-state index contributed by atoms with van der Waals surface area (Å²) in [6, 6.07) is 0. The number of hydrogen-bond donors (Lipinski definition) is 1. The Morgan fingerprint density at radius 1 is 0.774 bits per heavy atom. The van der Waals surface area contributed by atoms with Crippen molar-refractivity contribution in [3.63, 3.8) is 0 Å². The van der Waals surface area contributed by atoms with Crippen molar-refractivity contribution in [2.45, 2.75) is 74.3 Å². The Morgan fingerprint density at radius 2 is 1.26 bits per heavy atom. The maximum atomic E-state index is 10.0. The summed E-state index contributed by atoms with van der Waals surface area (Å²) in [6.07, 6.45) is 26.8. The minimum Gasteiger partial charge on any atom is -0.393 e. The third-order valence-electron chi connectivity index (χ3n) is 5.33. The maximum absolute atomic E-state index is 10.0. The molecule has 0 aromatic rings. The molecule has 0 radical (unpaired) electrons. The summed E-state index contributed by atoms with van der Waals surface area (Å²) in [5.41, 5.74) is 7.62. The van der Waals surface area contributed by atoms with Gasteiger partial charge in [0, 0.05) is 0 Å². The zero-order valence-electron chi connectivity index (χ0n) is 20.9. The third kappa shape index (κ3) is 11.0. The van der Waals surface area contributed by atoms with E-state index in [0.29, 0.717) is 0 Å². The molecular weight excluding hydrogens is 376 g/mol. The highest BCUT2D eigenvalue weighted by Gasteiger charge is 2.31. The average molecular weight is 419 g/mol. The second kappa shape index (κ2) is 13.1. The van der Waals surface area contributed by atoms with Crippen molar-refractivity contribution in [3.8, 4) is 0 Å². The van der Waals surface area contributed by atoms with Crippen LogP contribution in [0, 0.1) is 5.41 Å². The Hall–Kier alpha value is -2.38. The highest BCUT2D eigenvalue weighted by atomic mass is 16.3. The van der Waals surface area contributed by atoms with Crippen LogP contribution in [0.1, 0.15) is 68.2 Å². The van der Waals surface area contributed by atoms with Gasteiger partial charge >= 0.3 is 0 Å². The van der Waals surface area contributed by atoms with Crippen molar-refractivity contribution in [2.24, 2.45) is 5.41 Å². The van der Waals surface area contributed by atoms with Gasteiger partial charge in [0.1, 0.15) is 0 Å². The van der Waals surface area contributed by atoms with Gasteiger partial charge in [0.25, 0.3) is 0 Å². The van der Waals surface area contributed by atoms with E-state index in [9.17, 15) is 5.11 Å². The Labute approximate surface area is 191 Å². The lowest BCUT2D eigenvalue weighted by atomic mass is 9.71. The molecule has 1 atom stereocenters. The van der Waals surface area contributed by atoms with Crippen molar-refractivity contribution in [1.29, 1.82) is 0 Å². The molecule has 1 nitrogen and oxygen atoms in total. The van der Waals surface area contributed by atoms with Gasteiger partial charge in [-0.3, -0.25) is 0 Å². The number of hydrogen-bond acceptors (Lipinski definition) is 1. The molecule has 31 heavy (non-hydrogen) atoms. The van der Waals surface area contributed by atoms with Gasteiger partial charge in [0.15, 0.2) is 0 Å². The largest absolute Gasteiger partial charge is 0.393 e. The number of aliphatic hydroxyl groups excluding tert-OH is 1. The van der Waals surface area contributed by atoms with Crippen LogP contribution in [0.4, 0.5) is 0 Å². The molecule has 1 heteroatoms. The Bertz CT molecular complexity index is 869. The van der Waals surface area contributed by atoms with Crippen molar-refractivity contribution < 1.29 is 5.11 Å². The summed E-state index contributed by atoms with van der Waals surface area (Å²) in [4.78, 5) is 0. The van der Waals surface area contributed by atoms with Gasteiger partial charge in [0.2, 0.25) is 0 Å². The molecular formula is C30H42O. The lowest BCUT2D eigenvalue weighted by molar-refractivity contribution is 0.116. The molecule has 168 valence electrons. The maximum Gasteiger partial charge on any atom is 0.0585 e. The topological polar surface area (TPSA) is 20.2 Å². The predicted octanol–water partition coefficient (Wildman–Crippen LogP) is 8.51. The molecule has 0 saturated heterocycles. The molecule has 1 aliphatic carbocycles. The second-order valence-corrected chi connectivity index (χ2v) is 9.55. The van der Waals surface area contributed by atoms with Crippen LogP contribution >= 0.6 is 0 Å². The molecule has 0 aromatic heterocycles. The van der Waals surface area contributed by atoms with Crippen LogP contribution in [0.3, 0.4) is 0 Å². The van der Waals surface area contributed by atoms with E-state index in [0.717, 1.165) is 12.8 Å². The van der Waals surface area contributed by atoms with Crippen LogP contribution < -0.4 is 0 Å². The van der Waals surface area contributed by atoms with Crippen LogP contribution in [0.5, 0.6) is 0 Å². The van der Waals surface area contributed by atoms with Gasteiger partial charge in [-0.25, -0.2) is 0 Å². The van der Waals surface area contributed by atoms with Crippen molar-refractivity contribution in [2.75, 3.05) is 0 Å². The number of allylic oxidation sites excluding steroid dienone is 17. The highest BCUT2D eigenvalue weighted by Crippen LogP contribution is 2.41. The van der Waals surface area contributed by atoms with E-state index >= 15 is 0 Å². The van der Waals surface area contributed by atoms with Crippen LogP contribution in [-0.2, 0) is 0 Å². The minimum atomic E-state index is -0.214. The van der Waals surface area contributed by atoms with Crippen molar-refractivity contribution in [1.82, 2.24) is 0 Å². The van der Waals surface area contributed by atoms with Crippen LogP contribution in [0.25, 0.3) is 0 Å². The molecule has 0 spiro atoms. The number of aliphatic hydroxyl groups is 1. The quantitative estimate of drug-likeness (QED) is 0.392. The first-order valence-corrected chi connectivity index (χ1v) is 11.3. The SMILES string of the molecule is CC(C)=C/C=C/C(C)=C\C=C\C=C(C)\C=C\C=C(C)/C=C/C1=C(C)CC(O)CC1(C)C. The summed E-state index contributed by atoms with van der Waals surface area (Å²) in [5, 5.41) is 10.0. The first kappa shape index (κ1) is 26.7. The van der Waals surface area contributed by atoms with Gasteiger partial charge in [-0.15, -0.1) is 0 Å². The fourth-order valence-electron chi connectivity index (χ4n) is 3.72. The van der Waals surface area contributed by atoms with Crippen molar-refractivity contribution >= 4 is 0 Å².